The van der Waals surface area contributed by atoms with E-state index in [-0.39, 0.29) is 6.61 Å². The van der Waals surface area contributed by atoms with Crippen LogP contribution in [0.4, 0.5) is 8.78 Å². The standard InChI is InChI=1S/C10H13F2NO/c11-9-4-7(2-1-3-13)8(6-14)5-10(9)12/h4-5,14H,1-3,6,13H2. The fraction of sp³-hybridized carbons (Fsp3) is 0.400. The van der Waals surface area contributed by atoms with E-state index in [0.29, 0.717) is 30.5 Å². The van der Waals surface area contributed by atoms with Gasteiger partial charge in [0, 0.05) is 0 Å². The molecule has 1 rings (SSSR count). The van der Waals surface area contributed by atoms with E-state index >= 15 is 0 Å². The smallest absolute Gasteiger partial charge is 0.159 e. The summed E-state index contributed by atoms with van der Waals surface area (Å²) >= 11 is 0. The number of halogens is 2. The number of benzene rings is 1. The third-order valence-corrected chi connectivity index (χ3v) is 2.06. The number of rotatable bonds is 4. The molecule has 0 saturated carbocycles. The molecule has 0 atom stereocenters. The minimum absolute atomic E-state index is 0.281. The third-order valence-electron chi connectivity index (χ3n) is 2.06. The molecule has 3 N–H and O–H groups in total. The maximum Gasteiger partial charge on any atom is 0.159 e. The van der Waals surface area contributed by atoms with E-state index < -0.39 is 11.6 Å². The van der Waals surface area contributed by atoms with Crippen molar-refractivity contribution in [3.63, 3.8) is 0 Å². The molecule has 0 saturated heterocycles. The zero-order chi connectivity index (χ0) is 10.6. The van der Waals surface area contributed by atoms with Gasteiger partial charge in [0.2, 0.25) is 0 Å². The van der Waals surface area contributed by atoms with E-state index in [1.807, 2.05) is 0 Å². The number of hydrogen-bond donors (Lipinski definition) is 2. The van der Waals surface area contributed by atoms with Gasteiger partial charge in [-0.05, 0) is 42.6 Å². The van der Waals surface area contributed by atoms with E-state index in [0.717, 1.165) is 12.1 Å². The summed E-state index contributed by atoms with van der Waals surface area (Å²) in [5, 5.41) is 8.91. The molecule has 1 aromatic rings. The number of nitrogens with two attached hydrogens (primary N) is 1. The fourth-order valence-electron chi connectivity index (χ4n) is 1.30. The average Bonchev–Trinajstić information content (AvgIpc) is 2.19. The van der Waals surface area contributed by atoms with Crippen LogP contribution in [0.1, 0.15) is 17.5 Å². The maximum absolute atomic E-state index is 12.8. The molecule has 0 aliphatic rings. The van der Waals surface area contributed by atoms with Gasteiger partial charge in [0.25, 0.3) is 0 Å². The second kappa shape index (κ2) is 5.02. The van der Waals surface area contributed by atoms with Crippen molar-refractivity contribution in [2.24, 2.45) is 5.73 Å². The second-order valence-corrected chi connectivity index (χ2v) is 3.09. The first-order valence-electron chi connectivity index (χ1n) is 4.46. The predicted octanol–water partition coefficient (Wildman–Crippen LogP) is 1.35. The Morgan fingerprint density at radius 2 is 1.71 bits per heavy atom. The molecule has 0 aromatic heterocycles. The minimum atomic E-state index is -0.925. The Hall–Kier alpha value is -1.00. The first-order chi connectivity index (χ1) is 6.69. The highest BCUT2D eigenvalue weighted by molar-refractivity contribution is 5.28. The molecule has 0 amide bonds. The molecule has 0 aliphatic carbocycles. The van der Waals surface area contributed by atoms with Crippen LogP contribution in [0, 0.1) is 11.6 Å². The molecule has 0 heterocycles. The molecule has 0 radical (unpaired) electrons. The molecule has 1 aromatic carbocycles. The van der Waals surface area contributed by atoms with Crippen LogP contribution in [-0.2, 0) is 13.0 Å². The van der Waals surface area contributed by atoms with Gasteiger partial charge in [-0.3, -0.25) is 0 Å². The predicted molar refractivity (Wildman–Crippen MR) is 49.7 cm³/mol. The summed E-state index contributed by atoms with van der Waals surface area (Å²) in [5.74, 6) is -1.81. The first kappa shape index (κ1) is 11.1. The summed E-state index contributed by atoms with van der Waals surface area (Å²) in [5.41, 5.74) is 6.36. The van der Waals surface area contributed by atoms with Gasteiger partial charge in [0.15, 0.2) is 11.6 Å². The lowest BCUT2D eigenvalue weighted by molar-refractivity contribution is 0.279. The van der Waals surface area contributed by atoms with Crippen molar-refractivity contribution in [3.05, 3.63) is 34.9 Å². The van der Waals surface area contributed by atoms with Gasteiger partial charge in [-0.25, -0.2) is 8.78 Å². The summed E-state index contributed by atoms with van der Waals surface area (Å²) in [4.78, 5) is 0. The number of aliphatic hydroxyl groups excluding tert-OH is 1. The van der Waals surface area contributed by atoms with E-state index in [2.05, 4.69) is 0 Å². The lowest BCUT2D eigenvalue weighted by Gasteiger charge is -2.07. The highest BCUT2D eigenvalue weighted by Gasteiger charge is 2.08. The normalized spacial score (nSPS) is 10.6. The molecule has 78 valence electrons. The van der Waals surface area contributed by atoms with E-state index in [1.165, 1.54) is 0 Å². The maximum atomic E-state index is 12.8. The van der Waals surface area contributed by atoms with Crippen LogP contribution in [0.5, 0.6) is 0 Å². The van der Waals surface area contributed by atoms with Gasteiger partial charge in [0.05, 0.1) is 6.61 Å². The Balaban J connectivity index is 2.95. The Kier molecular flexibility index (Phi) is 3.98. The van der Waals surface area contributed by atoms with Crippen LogP contribution in [0.2, 0.25) is 0 Å². The zero-order valence-corrected chi connectivity index (χ0v) is 7.76. The molecule has 0 fully saturated rings. The molecule has 2 nitrogen and oxygen atoms in total. The summed E-state index contributed by atoms with van der Waals surface area (Å²) in [6.45, 7) is 0.209. The molecular formula is C10H13F2NO. The number of hydrogen-bond acceptors (Lipinski definition) is 2. The Bertz CT molecular complexity index is 315. The van der Waals surface area contributed by atoms with Gasteiger partial charge >= 0.3 is 0 Å². The van der Waals surface area contributed by atoms with Gasteiger partial charge in [-0.15, -0.1) is 0 Å². The van der Waals surface area contributed by atoms with Crippen LogP contribution >= 0.6 is 0 Å². The third kappa shape index (κ3) is 2.49. The van der Waals surface area contributed by atoms with Crippen molar-refractivity contribution in [2.45, 2.75) is 19.4 Å². The topological polar surface area (TPSA) is 46.2 Å². The summed E-state index contributed by atoms with van der Waals surface area (Å²) < 4.78 is 25.6. The summed E-state index contributed by atoms with van der Waals surface area (Å²) in [6, 6.07) is 2.15. The van der Waals surface area contributed by atoms with Crippen molar-refractivity contribution in [3.8, 4) is 0 Å². The Morgan fingerprint density at radius 3 is 2.21 bits per heavy atom. The molecule has 0 bridgehead atoms. The van der Waals surface area contributed by atoms with Gasteiger partial charge in [-0.1, -0.05) is 0 Å². The van der Waals surface area contributed by atoms with E-state index in [9.17, 15) is 8.78 Å². The van der Waals surface area contributed by atoms with Crippen molar-refractivity contribution in [1.29, 1.82) is 0 Å². The highest BCUT2D eigenvalue weighted by atomic mass is 19.2. The quantitative estimate of drug-likeness (QED) is 0.772. The largest absolute Gasteiger partial charge is 0.392 e. The zero-order valence-electron chi connectivity index (χ0n) is 7.76. The molecule has 0 aliphatic heterocycles. The van der Waals surface area contributed by atoms with Crippen molar-refractivity contribution in [2.75, 3.05) is 6.54 Å². The summed E-state index contributed by atoms with van der Waals surface area (Å²) in [6.07, 6.45) is 1.25. The average molecular weight is 201 g/mol. The van der Waals surface area contributed by atoms with Crippen LogP contribution in [0.25, 0.3) is 0 Å². The van der Waals surface area contributed by atoms with Crippen LogP contribution in [-0.4, -0.2) is 11.7 Å². The van der Waals surface area contributed by atoms with Crippen LogP contribution < -0.4 is 5.73 Å². The van der Waals surface area contributed by atoms with Crippen LogP contribution in [0.15, 0.2) is 12.1 Å². The lowest BCUT2D eigenvalue weighted by atomic mass is 10.0. The van der Waals surface area contributed by atoms with Gasteiger partial charge < -0.3 is 10.8 Å². The van der Waals surface area contributed by atoms with Crippen LogP contribution in [0.3, 0.4) is 0 Å². The fourth-order valence-corrected chi connectivity index (χ4v) is 1.30. The first-order valence-corrected chi connectivity index (χ1v) is 4.46. The minimum Gasteiger partial charge on any atom is -0.392 e. The molecule has 14 heavy (non-hydrogen) atoms. The SMILES string of the molecule is NCCCc1cc(F)c(F)cc1CO. The monoisotopic (exact) mass is 201 g/mol. The van der Waals surface area contributed by atoms with Crippen molar-refractivity contribution >= 4 is 0 Å². The van der Waals surface area contributed by atoms with E-state index in [4.69, 9.17) is 10.8 Å². The Morgan fingerprint density at radius 1 is 1.14 bits per heavy atom. The van der Waals surface area contributed by atoms with E-state index in [1.54, 1.807) is 0 Å². The molecule has 0 unspecified atom stereocenters. The second-order valence-electron chi connectivity index (χ2n) is 3.09. The van der Waals surface area contributed by atoms with Crippen molar-refractivity contribution < 1.29 is 13.9 Å². The van der Waals surface area contributed by atoms with Gasteiger partial charge in [0.1, 0.15) is 0 Å². The molecule has 4 heteroatoms. The Labute approximate surface area is 81.4 Å². The molecule has 0 spiro atoms. The number of aryl methyl sites for hydroxylation is 1. The summed E-state index contributed by atoms with van der Waals surface area (Å²) in [7, 11) is 0. The van der Waals surface area contributed by atoms with Crippen molar-refractivity contribution in [1.82, 2.24) is 0 Å². The molecular weight excluding hydrogens is 188 g/mol. The number of aliphatic hydroxyl groups is 1. The highest BCUT2D eigenvalue weighted by Crippen LogP contribution is 2.16. The lowest BCUT2D eigenvalue weighted by Crippen LogP contribution is -2.04. The van der Waals surface area contributed by atoms with Gasteiger partial charge in [-0.2, -0.15) is 0 Å².